The Balaban J connectivity index is 1.24. The van der Waals surface area contributed by atoms with E-state index in [0.29, 0.717) is 0 Å². The molecule has 0 aromatic heterocycles. The van der Waals surface area contributed by atoms with Crippen LogP contribution >= 0.6 is 15.9 Å². The van der Waals surface area contributed by atoms with Crippen molar-refractivity contribution in [2.24, 2.45) is 0 Å². The van der Waals surface area contributed by atoms with Gasteiger partial charge in [0.05, 0.1) is 33.4 Å². The molecular weight excluding hydrogens is 984 g/mol. The normalized spacial score (nSPS) is 22.7. The minimum absolute atomic E-state index is 0.0230. The van der Waals surface area contributed by atoms with Crippen LogP contribution in [-0.4, -0.2) is 109 Å². The van der Waals surface area contributed by atoms with Crippen LogP contribution in [0.2, 0.25) is 0 Å². The van der Waals surface area contributed by atoms with E-state index in [1.807, 2.05) is 0 Å². The zero-order valence-electron chi connectivity index (χ0n) is 37.3. The van der Waals surface area contributed by atoms with Gasteiger partial charge in [-0.05, 0) is 88.7 Å². The number of benzene rings is 6. The summed E-state index contributed by atoms with van der Waals surface area (Å²) < 4.78 is 55.1. The lowest BCUT2D eigenvalue weighted by atomic mass is 9.96. The summed E-state index contributed by atoms with van der Waals surface area (Å²) in [4.78, 5) is 97.4. The van der Waals surface area contributed by atoms with Gasteiger partial charge in [0, 0.05) is 0 Å². The number of hydrogen-bond acceptors (Lipinski definition) is 16. The molecule has 2 saturated heterocycles. The van der Waals surface area contributed by atoms with Crippen molar-refractivity contribution in [1.29, 1.82) is 0 Å². The van der Waals surface area contributed by atoms with Gasteiger partial charge in [0.2, 0.25) is 5.78 Å². The maximum Gasteiger partial charge on any atom is 0.338 e. The minimum Gasteiger partial charge on any atom is -0.459 e. The Hall–Kier alpha value is -7.83. The smallest absolute Gasteiger partial charge is 0.338 e. The molecule has 0 radical (unpaired) electrons. The molecule has 6 aromatic carbocycles. The zero-order valence-corrected chi connectivity index (χ0v) is 38.9. The Morgan fingerprint density at radius 2 is 0.690 bits per heavy atom. The SMILES string of the molecule is O=C(OC[C@H]1O[C@@H](O[C@H]2[C@H](OC(=O)c3ccccc3)C(=O)[C@@H](Br)O[C@@H]2COC(=O)c2ccccc2)[C@H](OC(=O)c2ccccc2)[C@@H](OC(=O)c2ccccc2)[C@@H]1OC(=O)c1ccccc1)c1ccccc1. The lowest BCUT2D eigenvalue weighted by Gasteiger charge is -2.46. The van der Waals surface area contributed by atoms with Gasteiger partial charge in [0.25, 0.3) is 0 Å². The minimum atomic E-state index is -1.98. The molecule has 0 saturated carbocycles. The van der Waals surface area contributed by atoms with Crippen LogP contribution in [0, 0.1) is 0 Å². The zero-order chi connectivity index (χ0) is 49.7. The number of halogens is 1. The molecule has 0 bridgehead atoms. The van der Waals surface area contributed by atoms with Gasteiger partial charge < -0.3 is 42.6 Å². The van der Waals surface area contributed by atoms with Crippen molar-refractivity contribution in [1.82, 2.24) is 0 Å². The second kappa shape index (κ2) is 23.7. The summed E-state index contributed by atoms with van der Waals surface area (Å²) in [5.41, 5.74) is 0.504. The first kappa shape index (κ1) is 49.6. The standard InChI is InChI=1S/C54H43BrO16/c55-47-41(56)44(68-51(60)36-25-13-4-14-26-36)42(39(65-47)31-63-48(57)33-19-7-1-8-20-33)71-54-46(70-53(62)38-29-17-6-18-30-38)45(69-52(61)37-27-15-5-16-28-37)43(67-50(59)35-23-11-3-12-24-35)40(66-54)32-64-49(58)34-21-9-2-10-22-34/h1-30,39-40,42-47,54H,31-32H2/t39-,40-,42-,43-,44-,45+,46-,47+,54+/m1/s1. The molecule has 8 rings (SSSR count). The molecule has 2 aliphatic rings. The van der Waals surface area contributed by atoms with Crippen molar-refractivity contribution < 1.29 is 76.2 Å². The number of rotatable bonds is 16. The summed E-state index contributed by atoms with van der Waals surface area (Å²) in [7, 11) is 0. The van der Waals surface area contributed by atoms with Crippen LogP contribution in [0.3, 0.4) is 0 Å². The number of alkyl halides is 1. The predicted molar refractivity (Wildman–Crippen MR) is 252 cm³/mol. The fraction of sp³-hybridized carbons (Fsp3) is 0.204. The summed E-state index contributed by atoms with van der Waals surface area (Å²) >= 11 is 3.21. The third kappa shape index (κ3) is 12.5. The van der Waals surface area contributed by atoms with Crippen molar-refractivity contribution in [3.63, 3.8) is 0 Å². The van der Waals surface area contributed by atoms with E-state index in [0.717, 1.165) is 0 Å². The van der Waals surface area contributed by atoms with E-state index in [1.165, 1.54) is 72.8 Å². The molecule has 9 atom stereocenters. The van der Waals surface area contributed by atoms with Gasteiger partial charge in [0.1, 0.15) is 31.5 Å². The van der Waals surface area contributed by atoms with E-state index in [9.17, 15) is 33.6 Å². The molecule has 2 heterocycles. The predicted octanol–water partition coefficient (Wildman–Crippen LogP) is 7.40. The van der Waals surface area contributed by atoms with Crippen LogP contribution in [0.5, 0.6) is 0 Å². The van der Waals surface area contributed by atoms with E-state index < -0.39 is 109 Å². The molecule has 362 valence electrons. The molecule has 2 fully saturated rings. The Morgan fingerprint density at radius 3 is 1.07 bits per heavy atom. The lowest BCUT2D eigenvalue weighted by Crippen LogP contribution is -2.66. The number of ketones is 1. The van der Waals surface area contributed by atoms with Crippen molar-refractivity contribution in [3.05, 3.63) is 215 Å². The quantitative estimate of drug-likeness (QED) is 0.0527. The molecule has 17 heteroatoms. The van der Waals surface area contributed by atoms with Crippen molar-refractivity contribution >= 4 is 57.5 Å². The largest absolute Gasteiger partial charge is 0.459 e. The molecule has 0 unspecified atom stereocenters. The van der Waals surface area contributed by atoms with E-state index >= 15 is 0 Å². The second-order valence-electron chi connectivity index (χ2n) is 15.9. The first-order valence-electron chi connectivity index (χ1n) is 22.2. The van der Waals surface area contributed by atoms with Crippen molar-refractivity contribution in [2.75, 3.05) is 13.2 Å². The molecule has 2 aliphatic heterocycles. The van der Waals surface area contributed by atoms with Gasteiger partial charge in [0.15, 0.2) is 35.7 Å². The second-order valence-corrected chi connectivity index (χ2v) is 16.7. The highest BCUT2D eigenvalue weighted by Crippen LogP contribution is 2.36. The molecule has 0 spiro atoms. The van der Waals surface area contributed by atoms with Gasteiger partial charge in [-0.25, -0.2) is 28.8 Å². The maximum atomic E-state index is 14.2. The number of esters is 6. The van der Waals surface area contributed by atoms with Gasteiger partial charge in [-0.1, -0.05) is 109 Å². The first-order chi connectivity index (χ1) is 34.5. The highest BCUT2D eigenvalue weighted by Gasteiger charge is 2.57. The van der Waals surface area contributed by atoms with E-state index in [4.69, 9.17) is 42.6 Å². The van der Waals surface area contributed by atoms with Crippen LogP contribution in [0.1, 0.15) is 62.1 Å². The summed E-state index contributed by atoms with van der Waals surface area (Å²) in [6.07, 6.45) is -14.2. The third-order valence-corrected chi connectivity index (χ3v) is 11.8. The van der Waals surface area contributed by atoms with Crippen LogP contribution in [-0.2, 0) is 47.4 Å². The van der Waals surface area contributed by atoms with Crippen LogP contribution in [0.25, 0.3) is 0 Å². The van der Waals surface area contributed by atoms with Gasteiger partial charge in [-0.15, -0.1) is 0 Å². The Labute approximate surface area is 414 Å². The van der Waals surface area contributed by atoms with Crippen molar-refractivity contribution in [2.45, 2.75) is 54.0 Å². The molecule has 6 aromatic rings. The maximum absolute atomic E-state index is 14.2. The number of hydrogen-bond donors (Lipinski definition) is 0. The first-order valence-corrected chi connectivity index (χ1v) is 23.1. The van der Waals surface area contributed by atoms with E-state index in [-0.39, 0.29) is 33.4 Å². The molecular formula is C54H43BrO16. The van der Waals surface area contributed by atoms with E-state index in [1.54, 1.807) is 109 Å². The highest BCUT2D eigenvalue weighted by atomic mass is 79.9. The number of Topliss-reactive ketones (excluding diaryl/α,β-unsaturated/α-hetero) is 1. The van der Waals surface area contributed by atoms with Gasteiger partial charge in [-0.2, -0.15) is 0 Å². The fourth-order valence-corrected chi connectivity index (χ4v) is 8.10. The Morgan fingerprint density at radius 1 is 0.380 bits per heavy atom. The van der Waals surface area contributed by atoms with Crippen LogP contribution in [0.4, 0.5) is 0 Å². The highest BCUT2D eigenvalue weighted by molar-refractivity contribution is 9.09. The molecule has 16 nitrogen and oxygen atoms in total. The molecule has 71 heavy (non-hydrogen) atoms. The summed E-state index contributed by atoms with van der Waals surface area (Å²) in [5.74, 6) is -6.32. The molecule has 0 amide bonds. The molecule has 0 aliphatic carbocycles. The monoisotopic (exact) mass is 1030 g/mol. The van der Waals surface area contributed by atoms with Gasteiger partial charge in [-0.3, -0.25) is 4.79 Å². The third-order valence-electron chi connectivity index (χ3n) is 11.1. The Kier molecular flexibility index (Phi) is 16.5. The fourth-order valence-electron chi connectivity index (χ4n) is 7.57. The Bertz CT molecular complexity index is 2780. The number of ether oxygens (including phenoxy) is 9. The van der Waals surface area contributed by atoms with E-state index in [2.05, 4.69) is 15.9 Å². The number of carbonyl (C=O) groups is 7. The summed E-state index contributed by atoms with van der Waals surface area (Å²) in [6, 6.07) is 46.9. The van der Waals surface area contributed by atoms with Crippen LogP contribution in [0.15, 0.2) is 182 Å². The lowest BCUT2D eigenvalue weighted by molar-refractivity contribution is -0.324. The summed E-state index contributed by atoms with van der Waals surface area (Å²) in [5, 5.41) is -1.44. The average Bonchev–Trinajstić information content (AvgIpc) is 3.42. The molecule has 0 N–H and O–H groups in total. The topological polar surface area (TPSA) is 203 Å². The average molecular weight is 1030 g/mol. The van der Waals surface area contributed by atoms with Crippen LogP contribution < -0.4 is 0 Å². The van der Waals surface area contributed by atoms with Gasteiger partial charge >= 0.3 is 35.8 Å². The number of carbonyl (C=O) groups excluding carboxylic acids is 7. The van der Waals surface area contributed by atoms with Crippen molar-refractivity contribution in [3.8, 4) is 0 Å². The summed E-state index contributed by atoms with van der Waals surface area (Å²) in [6.45, 7) is -1.32.